The summed E-state index contributed by atoms with van der Waals surface area (Å²) in [5, 5.41) is 9.17. The van der Waals surface area contributed by atoms with Crippen molar-refractivity contribution in [2.75, 3.05) is 0 Å². The van der Waals surface area contributed by atoms with Crippen molar-refractivity contribution in [1.82, 2.24) is 0 Å². The molecule has 1 aliphatic heterocycles. The highest BCUT2D eigenvalue weighted by molar-refractivity contribution is 5.83. The summed E-state index contributed by atoms with van der Waals surface area (Å²) in [6.07, 6.45) is 0.666. The van der Waals surface area contributed by atoms with Crippen LogP contribution in [0.3, 0.4) is 0 Å². The molecule has 1 saturated heterocycles. The number of epoxide rings is 1. The lowest BCUT2D eigenvalue weighted by Gasteiger charge is -2.13. The van der Waals surface area contributed by atoms with E-state index in [1.807, 2.05) is 38.1 Å². The van der Waals surface area contributed by atoms with Crippen LogP contribution in [-0.4, -0.2) is 16.7 Å². The van der Waals surface area contributed by atoms with Crippen LogP contribution in [0.5, 0.6) is 0 Å². The molecule has 0 amide bonds. The average Bonchev–Trinajstić information content (AvgIpc) is 2.88. The van der Waals surface area contributed by atoms with Crippen LogP contribution in [0.2, 0.25) is 0 Å². The molecule has 1 heterocycles. The maximum atomic E-state index is 11.2. The van der Waals surface area contributed by atoms with E-state index in [-0.39, 0.29) is 0 Å². The minimum absolute atomic E-state index is 0.646. The fraction of sp³-hybridized carbons (Fsp3) is 0.462. The summed E-state index contributed by atoms with van der Waals surface area (Å²) in [6.45, 7) is 5.60. The van der Waals surface area contributed by atoms with E-state index in [1.54, 1.807) is 6.92 Å². The summed E-state index contributed by atoms with van der Waals surface area (Å²) in [6, 6.07) is 7.87. The third-order valence-electron chi connectivity index (χ3n) is 3.53. The first kappa shape index (κ1) is 11.1. The second kappa shape index (κ2) is 3.32. The van der Waals surface area contributed by atoms with Crippen LogP contribution in [0.1, 0.15) is 31.4 Å². The van der Waals surface area contributed by atoms with Crippen molar-refractivity contribution in [3.05, 3.63) is 35.4 Å². The number of aryl methyl sites for hydroxylation is 1. The molecule has 1 fully saturated rings. The van der Waals surface area contributed by atoms with E-state index in [2.05, 4.69) is 0 Å². The molecule has 0 spiro atoms. The molecule has 3 nitrogen and oxygen atoms in total. The van der Waals surface area contributed by atoms with Gasteiger partial charge in [0.25, 0.3) is 0 Å². The van der Waals surface area contributed by atoms with Gasteiger partial charge in [-0.1, -0.05) is 36.8 Å². The lowest BCUT2D eigenvalue weighted by molar-refractivity contribution is -0.142. The lowest BCUT2D eigenvalue weighted by atomic mass is 9.85. The smallest absolute Gasteiger partial charge is 0.339 e. The van der Waals surface area contributed by atoms with Gasteiger partial charge in [-0.05, 0) is 25.8 Å². The van der Waals surface area contributed by atoms with E-state index in [4.69, 9.17) is 4.74 Å². The van der Waals surface area contributed by atoms with Crippen molar-refractivity contribution in [2.45, 2.75) is 38.4 Å². The van der Waals surface area contributed by atoms with Gasteiger partial charge in [0.2, 0.25) is 0 Å². The predicted molar refractivity (Wildman–Crippen MR) is 60.3 cm³/mol. The first-order chi connectivity index (χ1) is 7.46. The highest BCUT2D eigenvalue weighted by Crippen LogP contribution is 2.57. The van der Waals surface area contributed by atoms with Crippen LogP contribution in [0, 0.1) is 6.92 Å². The summed E-state index contributed by atoms with van der Waals surface area (Å²) in [4.78, 5) is 11.2. The molecule has 0 bridgehead atoms. The number of carboxylic acids is 1. The topological polar surface area (TPSA) is 49.8 Å². The third-order valence-corrected chi connectivity index (χ3v) is 3.53. The zero-order valence-electron chi connectivity index (χ0n) is 9.78. The average molecular weight is 220 g/mol. The normalized spacial score (nSPS) is 32.4. The summed E-state index contributed by atoms with van der Waals surface area (Å²) in [5.74, 6) is -0.894. The second-order valence-corrected chi connectivity index (χ2v) is 4.49. The van der Waals surface area contributed by atoms with E-state index in [9.17, 15) is 9.90 Å². The minimum Gasteiger partial charge on any atom is -0.479 e. The molecule has 2 atom stereocenters. The molecule has 0 aliphatic carbocycles. The van der Waals surface area contributed by atoms with Crippen LogP contribution in [0.4, 0.5) is 0 Å². The van der Waals surface area contributed by atoms with Gasteiger partial charge in [-0.15, -0.1) is 0 Å². The number of rotatable bonds is 3. The SMILES string of the molecule is CCC1(c2ccc(C)cc2)OC1(C)C(=O)O. The van der Waals surface area contributed by atoms with Crippen molar-refractivity contribution >= 4 is 5.97 Å². The fourth-order valence-corrected chi connectivity index (χ4v) is 2.31. The van der Waals surface area contributed by atoms with Gasteiger partial charge in [0, 0.05) is 0 Å². The number of benzene rings is 1. The molecule has 1 aromatic rings. The van der Waals surface area contributed by atoms with Gasteiger partial charge in [0.1, 0.15) is 5.60 Å². The largest absolute Gasteiger partial charge is 0.479 e. The highest BCUT2D eigenvalue weighted by atomic mass is 16.6. The molecule has 0 aromatic heterocycles. The number of carboxylic acid groups (broad SMARTS) is 1. The van der Waals surface area contributed by atoms with Gasteiger partial charge >= 0.3 is 5.97 Å². The summed E-state index contributed by atoms with van der Waals surface area (Å²) >= 11 is 0. The Morgan fingerprint density at radius 1 is 1.38 bits per heavy atom. The summed E-state index contributed by atoms with van der Waals surface area (Å²) in [5.41, 5.74) is 0.391. The number of ether oxygens (including phenoxy) is 1. The Bertz CT molecular complexity index is 423. The van der Waals surface area contributed by atoms with Crippen LogP contribution in [0.15, 0.2) is 24.3 Å². The lowest BCUT2D eigenvalue weighted by Crippen LogP contribution is -2.29. The molecule has 0 saturated carbocycles. The Balaban J connectivity index is 2.40. The molecule has 1 aromatic carbocycles. The van der Waals surface area contributed by atoms with Gasteiger partial charge in [0.15, 0.2) is 5.60 Å². The van der Waals surface area contributed by atoms with E-state index >= 15 is 0 Å². The molecule has 2 unspecified atom stereocenters. The standard InChI is InChI=1S/C13H16O3/c1-4-13(12(3,16-13)11(14)15)10-7-5-9(2)6-8-10/h5-8H,4H2,1-3H3,(H,14,15). The van der Waals surface area contributed by atoms with E-state index in [1.165, 1.54) is 0 Å². The molecule has 2 rings (SSSR count). The highest BCUT2D eigenvalue weighted by Gasteiger charge is 2.71. The minimum atomic E-state index is -1.07. The van der Waals surface area contributed by atoms with Crippen molar-refractivity contribution in [1.29, 1.82) is 0 Å². The third kappa shape index (κ3) is 1.28. The molecular formula is C13H16O3. The van der Waals surface area contributed by atoms with Crippen molar-refractivity contribution in [3.63, 3.8) is 0 Å². The summed E-state index contributed by atoms with van der Waals surface area (Å²) < 4.78 is 5.53. The Morgan fingerprint density at radius 3 is 2.31 bits per heavy atom. The maximum absolute atomic E-state index is 11.2. The van der Waals surface area contributed by atoms with Gasteiger partial charge in [-0.2, -0.15) is 0 Å². The molecule has 16 heavy (non-hydrogen) atoms. The zero-order valence-corrected chi connectivity index (χ0v) is 9.78. The number of hydrogen-bond acceptors (Lipinski definition) is 2. The van der Waals surface area contributed by atoms with Gasteiger partial charge in [0.05, 0.1) is 0 Å². The number of aliphatic carboxylic acids is 1. The number of hydrogen-bond donors (Lipinski definition) is 1. The molecule has 0 radical (unpaired) electrons. The maximum Gasteiger partial charge on any atom is 0.339 e. The Labute approximate surface area is 95.0 Å². The summed E-state index contributed by atoms with van der Waals surface area (Å²) in [7, 11) is 0. The van der Waals surface area contributed by atoms with Gasteiger partial charge < -0.3 is 9.84 Å². The predicted octanol–water partition coefficient (Wildman–Crippen LogP) is 2.47. The Morgan fingerprint density at radius 2 is 1.94 bits per heavy atom. The second-order valence-electron chi connectivity index (χ2n) is 4.49. The fourth-order valence-electron chi connectivity index (χ4n) is 2.31. The van der Waals surface area contributed by atoms with Gasteiger partial charge in [-0.25, -0.2) is 4.79 Å². The molecular weight excluding hydrogens is 204 g/mol. The van der Waals surface area contributed by atoms with Crippen LogP contribution >= 0.6 is 0 Å². The molecule has 1 N–H and O–H groups in total. The van der Waals surface area contributed by atoms with Crippen molar-refractivity contribution in [2.24, 2.45) is 0 Å². The first-order valence-electron chi connectivity index (χ1n) is 5.47. The zero-order chi connectivity index (χ0) is 12.0. The number of carbonyl (C=O) groups is 1. The van der Waals surface area contributed by atoms with Crippen molar-refractivity contribution in [3.8, 4) is 0 Å². The Hall–Kier alpha value is -1.35. The van der Waals surface area contributed by atoms with E-state index in [0.29, 0.717) is 6.42 Å². The molecule has 86 valence electrons. The van der Waals surface area contributed by atoms with Crippen LogP contribution < -0.4 is 0 Å². The Kier molecular flexibility index (Phi) is 2.31. The van der Waals surface area contributed by atoms with Crippen molar-refractivity contribution < 1.29 is 14.6 Å². The monoisotopic (exact) mass is 220 g/mol. The van der Waals surface area contributed by atoms with Crippen LogP contribution in [-0.2, 0) is 15.1 Å². The molecule has 1 aliphatic rings. The molecule has 3 heteroatoms. The van der Waals surface area contributed by atoms with E-state index in [0.717, 1.165) is 11.1 Å². The van der Waals surface area contributed by atoms with E-state index < -0.39 is 17.2 Å². The first-order valence-corrected chi connectivity index (χ1v) is 5.47. The van der Waals surface area contributed by atoms with Crippen LogP contribution in [0.25, 0.3) is 0 Å². The van der Waals surface area contributed by atoms with Gasteiger partial charge in [-0.3, -0.25) is 0 Å². The quantitative estimate of drug-likeness (QED) is 0.796.